The highest BCUT2D eigenvalue weighted by Gasteiger charge is 2.15. The number of nitrogens with zero attached hydrogens (tertiary/aromatic N) is 3. The molecule has 2 aromatic heterocycles. The number of fused-ring (bicyclic) bond motifs is 1. The van der Waals surface area contributed by atoms with Gasteiger partial charge in [-0.3, -0.25) is 9.79 Å². The molecule has 0 fully saturated rings. The summed E-state index contributed by atoms with van der Waals surface area (Å²) in [7, 11) is 1.65. The normalized spacial score (nSPS) is 11.5. The molecule has 0 aliphatic carbocycles. The van der Waals surface area contributed by atoms with Crippen LogP contribution in [-0.4, -0.2) is 28.2 Å². The second-order valence-electron chi connectivity index (χ2n) is 6.26. The molecular weight excluding hydrogens is 340 g/mol. The molecule has 1 N–H and O–H groups in total. The van der Waals surface area contributed by atoms with Crippen molar-refractivity contribution in [3.8, 4) is 0 Å². The summed E-state index contributed by atoms with van der Waals surface area (Å²) in [6.45, 7) is 9.38. The van der Waals surface area contributed by atoms with E-state index in [1.807, 2.05) is 55.6 Å². The molecule has 3 rings (SSSR count). The third-order valence-corrected chi connectivity index (χ3v) is 4.30. The predicted molar refractivity (Wildman–Crippen MR) is 110 cm³/mol. The second-order valence-corrected chi connectivity index (χ2v) is 6.26. The number of aromatic nitrogens is 2. The number of carbonyl (C=O) groups is 1. The van der Waals surface area contributed by atoms with Crippen LogP contribution in [0.15, 0.2) is 54.4 Å². The molecular formula is C21H24N4O2. The number of amides is 1. The fourth-order valence-corrected chi connectivity index (χ4v) is 3.03. The molecule has 1 amide bonds. The maximum Gasteiger partial charge on any atom is 0.259 e. The first-order valence-electron chi connectivity index (χ1n) is 8.56. The number of nitrogens with one attached hydrogen (secondary N) is 1. The van der Waals surface area contributed by atoms with Gasteiger partial charge in [0.2, 0.25) is 5.90 Å². The van der Waals surface area contributed by atoms with Crippen LogP contribution in [0.2, 0.25) is 0 Å². The van der Waals surface area contributed by atoms with Crippen molar-refractivity contribution in [3.05, 3.63) is 77.4 Å². The number of hydrogen-bond donors (Lipinski definition) is 1. The first-order valence-corrected chi connectivity index (χ1v) is 8.56. The first kappa shape index (κ1) is 18.4. The van der Waals surface area contributed by atoms with Crippen molar-refractivity contribution >= 4 is 23.1 Å². The van der Waals surface area contributed by atoms with Gasteiger partial charge < -0.3 is 14.5 Å². The Hall–Kier alpha value is -3.41. The number of aliphatic imine (C=N–C) groups is 1. The van der Waals surface area contributed by atoms with E-state index in [0.29, 0.717) is 17.1 Å². The summed E-state index contributed by atoms with van der Waals surface area (Å²) in [6, 6.07) is 9.36. The van der Waals surface area contributed by atoms with Gasteiger partial charge in [-0.25, -0.2) is 4.98 Å². The summed E-state index contributed by atoms with van der Waals surface area (Å²) in [4.78, 5) is 21.4. The third kappa shape index (κ3) is 3.60. The van der Waals surface area contributed by atoms with Gasteiger partial charge in [0.15, 0.2) is 0 Å². The minimum atomic E-state index is -0.197. The second kappa shape index (κ2) is 7.45. The van der Waals surface area contributed by atoms with E-state index in [1.54, 1.807) is 13.1 Å². The first-order chi connectivity index (χ1) is 12.9. The summed E-state index contributed by atoms with van der Waals surface area (Å²) in [6.07, 6.45) is 3.20. The summed E-state index contributed by atoms with van der Waals surface area (Å²) >= 11 is 0. The van der Waals surface area contributed by atoms with Crippen molar-refractivity contribution in [1.82, 2.24) is 9.38 Å². The third-order valence-electron chi connectivity index (χ3n) is 4.30. The Labute approximate surface area is 159 Å². The van der Waals surface area contributed by atoms with E-state index in [4.69, 9.17) is 4.74 Å². The number of hydrogen-bond acceptors (Lipinski definition) is 4. The smallest absolute Gasteiger partial charge is 0.259 e. The number of carbonyl (C=O) groups excluding carboxylic acids is 1. The molecule has 0 atom stereocenters. The van der Waals surface area contributed by atoms with Gasteiger partial charge >= 0.3 is 0 Å². The fourth-order valence-electron chi connectivity index (χ4n) is 3.03. The van der Waals surface area contributed by atoms with Crippen LogP contribution in [-0.2, 0) is 4.74 Å². The van der Waals surface area contributed by atoms with Crippen LogP contribution in [0.5, 0.6) is 0 Å². The van der Waals surface area contributed by atoms with E-state index in [2.05, 4.69) is 21.9 Å². The van der Waals surface area contributed by atoms with Crippen molar-refractivity contribution in [1.29, 1.82) is 0 Å². The van der Waals surface area contributed by atoms with Gasteiger partial charge in [0.05, 0.1) is 11.8 Å². The molecule has 3 aromatic rings. The molecule has 27 heavy (non-hydrogen) atoms. The van der Waals surface area contributed by atoms with Crippen LogP contribution in [0.25, 0.3) is 5.65 Å². The monoisotopic (exact) mass is 364 g/mol. The fraction of sp³-hybridized carbons (Fsp3) is 0.190. The van der Waals surface area contributed by atoms with E-state index < -0.39 is 0 Å². The highest BCUT2D eigenvalue weighted by atomic mass is 16.5. The van der Waals surface area contributed by atoms with Gasteiger partial charge in [-0.1, -0.05) is 6.58 Å². The average Bonchev–Trinajstić information content (AvgIpc) is 3.05. The zero-order chi connectivity index (χ0) is 19.6. The summed E-state index contributed by atoms with van der Waals surface area (Å²) in [5.74, 6) is 0.275. The SMILES string of the molecule is C=COC(=NC)c1ccc(NC(=O)c2ccn3c(C)cc(C)nc23)c(C)c1.[HH]. The Morgan fingerprint density at radius 1 is 1.30 bits per heavy atom. The number of benzene rings is 1. The van der Waals surface area contributed by atoms with Crippen molar-refractivity contribution in [2.24, 2.45) is 4.99 Å². The zero-order valence-electron chi connectivity index (χ0n) is 15.9. The number of rotatable bonds is 4. The summed E-state index contributed by atoms with van der Waals surface area (Å²) < 4.78 is 7.21. The lowest BCUT2D eigenvalue weighted by Crippen LogP contribution is -2.14. The Morgan fingerprint density at radius 3 is 2.74 bits per heavy atom. The topological polar surface area (TPSA) is 68.0 Å². The minimum absolute atomic E-state index is 0. The Bertz CT molecular complexity index is 1070. The van der Waals surface area contributed by atoms with Gasteiger partial charge in [-0.05, 0) is 56.7 Å². The maximum absolute atomic E-state index is 12.8. The molecule has 6 nitrogen and oxygen atoms in total. The Kier molecular flexibility index (Phi) is 5.07. The van der Waals surface area contributed by atoms with Gasteiger partial charge in [0.25, 0.3) is 5.91 Å². The van der Waals surface area contributed by atoms with Crippen LogP contribution in [0.4, 0.5) is 5.69 Å². The lowest BCUT2D eigenvalue weighted by molar-refractivity contribution is 0.102. The number of aryl methyl sites for hydroxylation is 3. The molecule has 2 heterocycles. The molecule has 0 radical (unpaired) electrons. The van der Waals surface area contributed by atoms with Crippen LogP contribution < -0.4 is 5.32 Å². The van der Waals surface area contributed by atoms with Gasteiger partial charge in [0.1, 0.15) is 5.65 Å². The number of ether oxygens (including phenoxy) is 1. The molecule has 0 aliphatic heterocycles. The highest BCUT2D eigenvalue weighted by Crippen LogP contribution is 2.20. The molecule has 140 valence electrons. The molecule has 0 spiro atoms. The number of anilines is 1. The van der Waals surface area contributed by atoms with E-state index in [0.717, 1.165) is 28.2 Å². The average molecular weight is 364 g/mol. The lowest BCUT2D eigenvalue weighted by atomic mass is 10.1. The van der Waals surface area contributed by atoms with E-state index in [1.165, 1.54) is 6.26 Å². The molecule has 0 unspecified atom stereocenters. The summed E-state index contributed by atoms with van der Waals surface area (Å²) in [5, 5.41) is 2.97. The zero-order valence-corrected chi connectivity index (χ0v) is 15.9. The quantitative estimate of drug-likeness (QED) is 0.426. The lowest BCUT2D eigenvalue weighted by Gasteiger charge is -2.11. The molecule has 0 saturated heterocycles. The summed E-state index contributed by atoms with van der Waals surface area (Å²) in [5.41, 5.74) is 5.54. The highest BCUT2D eigenvalue weighted by molar-refractivity contribution is 6.09. The van der Waals surface area contributed by atoms with E-state index in [-0.39, 0.29) is 7.33 Å². The van der Waals surface area contributed by atoms with E-state index >= 15 is 0 Å². The van der Waals surface area contributed by atoms with Gasteiger partial charge in [-0.15, -0.1) is 0 Å². The van der Waals surface area contributed by atoms with Crippen LogP contribution in [0.3, 0.4) is 0 Å². The van der Waals surface area contributed by atoms with Crippen LogP contribution in [0.1, 0.15) is 34.3 Å². The van der Waals surface area contributed by atoms with Crippen molar-refractivity contribution in [2.45, 2.75) is 20.8 Å². The van der Waals surface area contributed by atoms with Gasteiger partial charge in [0, 0.05) is 37.3 Å². The molecule has 0 aliphatic rings. The van der Waals surface area contributed by atoms with Crippen molar-refractivity contribution < 1.29 is 11.0 Å². The Balaban J connectivity index is 0.00000280. The molecule has 0 bridgehead atoms. The molecule has 0 saturated carbocycles. The van der Waals surface area contributed by atoms with Gasteiger partial charge in [-0.2, -0.15) is 0 Å². The van der Waals surface area contributed by atoms with Crippen LogP contribution in [0, 0.1) is 20.8 Å². The standard InChI is InChI=1S/C21H22N4O2.H2/c1-6-27-21(22-5)16-7-8-18(13(2)11-16)24-20(26)17-9-10-25-15(4)12-14(3)23-19(17)25;/h6-12H,1H2,2-5H3,(H,24,26);1H. The molecule has 1 aromatic carbocycles. The maximum atomic E-state index is 12.8. The minimum Gasteiger partial charge on any atom is -0.447 e. The van der Waals surface area contributed by atoms with Crippen LogP contribution >= 0.6 is 0 Å². The molecule has 6 heteroatoms. The predicted octanol–water partition coefficient (Wildman–Crippen LogP) is 4.29. The largest absolute Gasteiger partial charge is 0.447 e. The Morgan fingerprint density at radius 2 is 2.07 bits per heavy atom. The van der Waals surface area contributed by atoms with Crippen molar-refractivity contribution in [3.63, 3.8) is 0 Å². The van der Waals surface area contributed by atoms with Crippen molar-refractivity contribution in [2.75, 3.05) is 12.4 Å². The van der Waals surface area contributed by atoms with E-state index in [9.17, 15) is 4.79 Å².